The third-order valence-electron chi connectivity index (χ3n) is 2.83. The number of thiocarbonyl (C=S) groups is 1. The molecule has 7 heteroatoms. The van der Waals surface area contributed by atoms with E-state index < -0.39 is 0 Å². The van der Waals surface area contributed by atoms with E-state index in [4.69, 9.17) is 26.1 Å². The lowest BCUT2D eigenvalue weighted by Crippen LogP contribution is -2.32. The number of amides is 1. The molecule has 0 aliphatic carbocycles. The van der Waals surface area contributed by atoms with Crippen LogP contribution in [0.4, 0.5) is 5.69 Å². The van der Waals surface area contributed by atoms with Gasteiger partial charge in [0.2, 0.25) is 5.91 Å². The van der Waals surface area contributed by atoms with Gasteiger partial charge in [0, 0.05) is 12.1 Å². The van der Waals surface area contributed by atoms with Gasteiger partial charge >= 0.3 is 0 Å². The summed E-state index contributed by atoms with van der Waals surface area (Å²) >= 11 is 5.12. The van der Waals surface area contributed by atoms with Crippen LogP contribution in [0, 0.1) is 0 Å². The van der Waals surface area contributed by atoms with Crippen LogP contribution in [0.25, 0.3) is 6.08 Å². The van der Waals surface area contributed by atoms with Crippen molar-refractivity contribution in [3.05, 3.63) is 48.4 Å². The van der Waals surface area contributed by atoms with Gasteiger partial charge in [-0.25, -0.2) is 0 Å². The van der Waals surface area contributed by atoms with Crippen molar-refractivity contribution in [3.63, 3.8) is 0 Å². The van der Waals surface area contributed by atoms with E-state index in [0.29, 0.717) is 22.9 Å². The van der Waals surface area contributed by atoms with Crippen molar-refractivity contribution in [2.75, 3.05) is 19.5 Å². The number of benzene rings is 1. The largest absolute Gasteiger partial charge is 0.497 e. The Morgan fingerprint density at radius 3 is 2.74 bits per heavy atom. The van der Waals surface area contributed by atoms with Crippen molar-refractivity contribution in [3.8, 4) is 11.5 Å². The summed E-state index contributed by atoms with van der Waals surface area (Å²) in [6.45, 7) is 0. The summed E-state index contributed by atoms with van der Waals surface area (Å²) in [5, 5.41) is 5.58. The predicted molar refractivity (Wildman–Crippen MR) is 91.7 cm³/mol. The number of carbonyl (C=O) groups is 1. The summed E-state index contributed by atoms with van der Waals surface area (Å²) < 4.78 is 15.5. The molecule has 0 fully saturated rings. The molecule has 1 aromatic heterocycles. The van der Waals surface area contributed by atoms with Crippen molar-refractivity contribution < 1.29 is 18.7 Å². The first-order valence-electron chi connectivity index (χ1n) is 6.68. The lowest BCUT2D eigenvalue weighted by Gasteiger charge is -2.13. The Hall–Kier alpha value is -2.80. The SMILES string of the molecule is COc1ccc(OC)c(NC(=S)NC(=O)/C=C/c2ccco2)c1. The second-order valence-electron chi connectivity index (χ2n) is 4.36. The van der Waals surface area contributed by atoms with E-state index in [0.717, 1.165) is 0 Å². The molecule has 120 valence electrons. The molecule has 0 atom stereocenters. The summed E-state index contributed by atoms with van der Waals surface area (Å²) in [6.07, 6.45) is 4.40. The van der Waals surface area contributed by atoms with Crippen molar-refractivity contribution >= 4 is 35.0 Å². The van der Waals surface area contributed by atoms with E-state index in [-0.39, 0.29) is 11.0 Å². The Labute approximate surface area is 139 Å². The van der Waals surface area contributed by atoms with Crippen LogP contribution < -0.4 is 20.1 Å². The molecule has 0 aliphatic heterocycles. The topological polar surface area (TPSA) is 72.7 Å². The average molecular weight is 332 g/mol. The van der Waals surface area contributed by atoms with Gasteiger partial charge in [-0.05, 0) is 42.6 Å². The van der Waals surface area contributed by atoms with Crippen LogP contribution in [-0.4, -0.2) is 25.2 Å². The van der Waals surface area contributed by atoms with Gasteiger partial charge in [0.1, 0.15) is 17.3 Å². The third-order valence-corrected chi connectivity index (χ3v) is 3.04. The van der Waals surface area contributed by atoms with E-state index in [9.17, 15) is 4.79 Å². The Balaban J connectivity index is 1.97. The zero-order valence-corrected chi connectivity index (χ0v) is 13.5. The van der Waals surface area contributed by atoms with Crippen LogP contribution in [0.5, 0.6) is 11.5 Å². The van der Waals surface area contributed by atoms with Crippen molar-refractivity contribution in [1.29, 1.82) is 0 Å². The average Bonchev–Trinajstić information content (AvgIpc) is 3.06. The number of anilines is 1. The van der Waals surface area contributed by atoms with Gasteiger partial charge in [-0.2, -0.15) is 0 Å². The minimum Gasteiger partial charge on any atom is -0.497 e. The van der Waals surface area contributed by atoms with E-state index in [2.05, 4.69) is 10.6 Å². The fourth-order valence-electron chi connectivity index (χ4n) is 1.76. The summed E-state index contributed by atoms with van der Waals surface area (Å²) in [5.74, 6) is 1.42. The number of methoxy groups -OCH3 is 2. The van der Waals surface area contributed by atoms with Crippen LogP contribution in [-0.2, 0) is 4.79 Å². The maximum absolute atomic E-state index is 11.8. The highest BCUT2D eigenvalue weighted by Gasteiger charge is 2.08. The number of ether oxygens (including phenoxy) is 2. The van der Waals surface area contributed by atoms with Crippen LogP contribution in [0.2, 0.25) is 0 Å². The first-order valence-corrected chi connectivity index (χ1v) is 7.09. The maximum Gasteiger partial charge on any atom is 0.250 e. The lowest BCUT2D eigenvalue weighted by atomic mass is 10.2. The van der Waals surface area contributed by atoms with Crippen LogP contribution in [0.3, 0.4) is 0 Å². The van der Waals surface area contributed by atoms with E-state index >= 15 is 0 Å². The molecule has 2 N–H and O–H groups in total. The molecule has 2 aromatic rings. The van der Waals surface area contributed by atoms with Crippen LogP contribution in [0.1, 0.15) is 5.76 Å². The van der Waals surface area contributed by atoms with Gasteiger partial charge in [-0.3, -0.25) is 10.1 Å². The number of nitrogens with one attached hydrogen (secondary N) is 2. The summed E-state index contributed by atoms with van der Waals surface area (Å²) in [7, 11) is 3.10. The van der Waals surface area contributed by atoms with E-state index in [1.165, 1.54) is 12.3 Å². The van der Waals surface area contributed by atoms with Gasteiger partial charge in [0.05, 0.1) is 26.2 Å². The molecule has 0 spiro atoms. The Morgan fingerprint density at radius 1 is 1.26 bits per heavy atom. The Kier molecular flexibility index (Phi) is 5.76. The number of rotatable bonds is 5. The molecule has 6 nitrogen and oxygen atoms in total. The normalized spacial score (nSPS) is 10.3. The zero-order chi connectivity index (χ0) is 16.7. The number of hydrogen-bond acceptors (Lipinski definition) is 5. The standard InChI is InChI=1S/C16H16N2O4S/c1-20-12-5-7-14(21-2)13(10-12)17-16(23)18-15(19)8-6-11-4-3-9-22-11/h3-10H,1-2H3,(H2,17,18,19,23)/b8-6+. The molecule has 1 amide bonds. The second-order valence-corrected chi connectivity index (χ2v) is 4.77. The summed E-state index contributed by atoms with van der Waals surface area (Å²) in [5.41, 5.74) is 0.590. The van der Waals surface area contributed by atoms with Gasteiger partial charge in [0.25, 0.3) is 0 Å². The predicted octanol–water partition coefficient (Wildman–Crippen LogP) is 2.82. The monoisotopic (exact) mass is 332 g/mol. The minimum atomic E-state index is -0.374. The zero-order valence-electron chi connectivity index (χ0n) is 12.7. The van der Waals surface area contributed by atoms with Crippen LogP contribution >= 0.6 is 12.2 Å². The highest BCUT2D eigenvalue weighted by molar-refractivity contribution is 7.80. The highest BCUT2D eigenvalue weighted by atomic mass is 32.1. The number of furan rings is 1. The first kappa shape index (κ1) is 16.6. The van der Waals surface area contributed by atoms with Crippen molar-refractivity contribution in [2.24, 2.45) is 0 Å². The summed E-state index contributed by atoms with van der Waals surface area (Å²) in [6, 6.07) is 8.69. The molecule has 0 bridgehead atoms. The lowest BCUT2D eigenvalue weighted by molar-refractivity contribution is -0.115. The van der Waals surface area contributed by atoms with E-state index in [1.54, 1.807) is 50.6 Å². The highest BCUT2D eigenvalue weighted by Crippen LogP contribution is 2.28. The van der Waals surface area contributed by atoms with Crippen molar-refractivity contribution in [2.45, 2.75) is 0 Å². The molecule has 0 saturated heterocycles. The van der Waals surface area contributed by atoms with E-state index in [1.807, 2.05) is 0 Å². The third kappa shape index (κ3) is 4.86. The van der Waals surface area contributed by atoms with Gasteiger partial charge in [-0.15, -0.1) is 0 Å². The maximum atomic E-state index is 11.8. The fraction of sp³-hybridized carbons (Fsp3) is 0.125. The molecule has 0 saturated carbocycles. The first-order chi connectivity index (χ1) is 11.1. The number of carbonyl (C=O) groups excluding carboxylic acids is 1. The van der Waals surface area contributed by atoms with Gasteiger partial charge < -0.3 is 19.2 Å². The molecule has 1 aromatic carbocycles. The fourth-order valence-corrected chi connectivity index (χ4v) is 1.97. The smallest absolute Gasteiger partial charge is 0.250 e. The molecule has 23 heavy (non-hydrogen) atoms. The molecule has 2 rings (SSSR count). The second kappa shape index (κ2) is 8.00. The van der Waals surface area contributed by atoms with Crippen LogP contribution in [0.15, 0.2) is 47.1 Å². The number of hydrogen-bond donors (Lipinski definition) is 2. The molecule has 0 aliphatic rings. The molecule has 0 radical (unpaired) electrons. The summed E-state index contributed by atoms with van der Waals surface area (Å²) in [4.78, 5) is 11.8. The quantitative estimate of drug-likeness (QED) is 0.648. The Bertz CT molecular complexity index is 711. The van der Waals surface area contributed by atoms with Gasteiger partial charge in [0.15, 0.2) is 5.11 Å². The molecule has 0 unspecified atom stereocenters. The molecular weight excluding hydrogens is 316 g/mol. The van der Waals surface area contributed by atoms with Crippen molar-refractivity contribution in [1.82, 2.24) is 5.32 Å². The van der Waals surface area contributed by atoms with Gasteiger partial charge in [-0.1, -0.05) is 0 Å². The minimum absolute atomic E-state index is 0.144. The Morgan fingerprint density at radius 2 is 2.09 bits per heavy atom. The molecule has 1 heterocycles. The molecular formula is C16H16N2O4S.